The molecule has 0 aliphatic heterocycles. The first-order chi connectivity index (χ1) is 11.4. The highest BCUT2D eigenvalue weighted by Gasteiger charge is 2.53. The third-order valence-corrected chi connectivity index (χ3v) is 6.73. The molecular formula is C24H24. The van der Waals surface area contributed by atoms with Crippen molar-refractivity contribution < 1.29 is 0 Å². The lowest BCUT2D eigenvalue weighted by atomic mass is 9.55. The lowest BCUT2D eigenvalue weighted by Gasteiger charge is -2.48. The van der Waals surface area contributed by atoms with E-state index in [0.29, 0.717) is 5.92 Å². The lowest BCUT2D eigenvalue weighted by Crippen LogP contribution is -2.36. The van der Waals surface area contributed by atoms with Crippen LogP contribution in [0.4, 0.5) is 0 Å². The van der Waals surface area contributed by atoms with E-state index in [-0.39, 0.29) is 10.8 Å². The summed E-state index contributed by atoms with van der Waals surface area (Å²) in [6, 6.07) is 18.0. The number of hydrogen-bond acceptors (Lipinski definition) is 0. The molecule has 120 valence electrons. The number of fused-ring (bicyclic) bond motifs is 5. The van der Waals surface area contributed by atoms with Crippen LogP contribution < -0.4 is 0 Å². The summed E-state index contributed by atoms with van der Waals surface area (Å²) in [5.74, 6) is 0.511. The van der Waals surface area contributed by atoms with Crippen molar-refractivity contribution in [1.82, 2.24) is 0 Å². The average molecular weight is 312 g/mol. The normalized spacial score (nSPS) is 24.8. The van der Waals surface area contributed by atoms with Crippen LogP contribution in [0.15, 0.2) is 59.7 Å². The maximum Gasteiger partial charge on any atom is 0.0155 e. The van der Waals surface area contributed by atoms with Gasteiger partial charge in [0, 0.05) is 11.3 Å². The third kappa shape index (κ3) is 1.55. The SMILES string of the molecule is CC1(C)C2=Cc3ccccc3C2C(C)(C)C2=C1c1ccccc1C2. The van der Waals surface area contributed by atoms with Gasteiger partial charge < -0.3 is 0 Å². The van der Waals surface area contributed by atoms with Crippen LogP contribution >= 0.6 is 0 Å². The first kappa shape index (κ1) is 14.3. The van der Waals surface area contributed by atoms with E-state index in [1.807, 2.05) is 0 Å². The van der Waals surface area contributed by atoms with Gasteiger partial charge >= 0.3 is 0 Å². The lowest BCUT2D eigenvalue weighted by molar-refractivity contribution is 0.328. The van der Waals surface area contributed by atoms with E-state index in [1.54, 1.807) is 16.7 Å². The number of rotatable bonds is 0. The van der Waals surface area contributed by atoms with Gasteiger partial charge in [-0.1, -0.05) is 93.4 Å². The Hall–Kier alpha value is -2.08. The van der Waals surface area contributed by atoms with E-state index in [1.165, 1.54) is 22.3 Å². The van der Waals surface area contributed by atoms with Gasteiger partial charge in [0.05, 0.1) is 0 Å². The fourth-order valence-corrected chi connectivity index (χ4v) is 5.58. The van der Waals surface area contributed by atoms with Crippen molar-refractivity contribution in [3.8, 4) is 0 Å². The number of hydrogen-bond donors (Lipinski definition) is 0. The average Bonchev–Trinajstić information content (AvgIpc) is 3.14. The minimum Gasteiger partial charge on any atom is -0.0619 e. The van der Waals surface area contributed by atoms with Crippen LogP contribution in [0, 0.1) is 10.8 Å². The highest BCUT2D eigenvalue weighted by molar-refractivity contribution is 5.88. The molecule has 0 nitrogen and oxygen atoms in total. The third-order valence-electron chi connectivity index (χ3n) is 6.73. The van der Waals surface area contributed by atoms with E-state index in [2.05, 4.69) is 82.3 Å². The Kier molecular flexibility index (Phi) is 2.56. The Balaban J connectivity index is 1.82. The molecule has 24 heavy (non-hydrogen) atoms. The van der Waals surface area contributed by atoms with Crippen LogP contribution in [-0.2, 0) is 6.42 Å². The molecule has 1 unspecified atom stereocenters. The number of allylic oxidation sites excluding steroid dienone is 3. The standard InChI is InChI=1S/C24H24/c1-23(2)19-13-15-9-6-8-12-18(15)22(19)24(3,4)20-14-16-10-5-7-11-17(16)21(20)23/h5-13,22H,14H2,1-4H3. The van der Waals surface area contributed by atoms with Crippen molar-refractivity contribution in [3.63, 3.8) is 0 Å². The van der Waals surface area contributed by atoms with Crippen LogP contribution in [0.2, 0.25) is 0 Å². The second-order valence-corrected chi connectivity index (χ2v) is 8.70. The molecule has 0 radical (unpaired) electrons. The van der Waals surface area contributed by atoms with E-state index >= 15 is 0 Å². The van der Waals surface area contributed by atoms with Gasteiger partial charge in [0.15, 0.2) is 0 Å². The first-order valence-electron chi connectivity index (χ1n) is 9.06. The molecule has 2 aromatic carbocycles. The zero-order valence-electron chi connectivity index (χ0n) is 15.0. The van der Waals surface area contributed by atoms with Crippen molar-refractivity contribution in [1.29, 1.82) is 0 Å². The summed E-state index contributed by atoms with van der Waals surface area (Å²) in [4.78, 5) is 0. The highest BCUT2D eigenvalue weighted by atomic mass is 14.6. The Morgan fingerprint density at radius 3 is 2.42 bits per heavy atom. The molecule has 3 aliphatic carbocycles. The molecule has 2 aromatic rings. The maximum atomic E-state index is 2.48. The summed E-state index contributed by atoms with van der Waals surface area (Å²) in [5.41, 5.74) is 11.1. The van der Waals surface area contributed by atoms with E-state index in [0.717, 1.165) is 6.42 Å². The van der Waals surface area contributed by atoms with E-state index in [4.69, 9.17) is 0 Å². The van der Waals surface area contributed by atoms with Crippen molar-refractivity contribution >= 4 is 11.6 Å². The molecule has 0 spiro atoms. The first-order valence-corrected chi connectivity index (χ1v) is 9.06. The molecule has 0 saturated carbocycles. The predicted molar refractivity (Wildman–Crippen MR) is 102 cm³/mol. The molecule has 0 aromatic heterocycles. The van der Waals surface area contributed by atoms with E-state index < -0.39 is 0 Å². The Labute approximate surface area is 144 Å². The second kappa shape index (κ2) is 4.30. The van der Waals surface area contributed by atoms with Crippen molar-refractivity contribution in [2.75, 3.05) is 0 Å². The smallest absolute Gasteiger partial charge is 0.0155 e. The predicted octanol–water partition coefficient (Wildman–Crippen LogP) is 6.24. The molecule has 0 fully saturated rings. The summed E-state index contributed by atoms with van der Waals surface area (Å²) in [6.45, 7) is 9.79. The van der Waals surface area contributed by atoms with Crippen molar-refractivity contribution in [2.45, 2.75) is 40.0 Å². The van der Waals surface area contributed by atoms with Crippen molar-refractivity contribution in [2.24, 2.45) is 10.8 Å². The molecule has 3 aliphatic rings. The fraction of sp³-hybridized carbons (Fsp3) is 0.333. The monoisotopic (exact) mass is 312 g/mol. The Bertz CT molecular complexity index is 934. The number of benzene rings is 2. The fourth-order valence-electron chi connectivity index (χ4n) is 5.58. The van der Waals surface area contributed by atoms with Crippen molar-refractivity contribution in [3.05, 3.63) is 81.9 Å². The zero-order chi connectivity index (χ0) is 16.7. The summed E-state index contributed by atoms with van der Waals surface area (Å²) in [6.07, 6.45) is 3.60. The van der Waals surface area contributed by atoms with Gasteiger partial charge in [-0.05, 0) is 39.7 Å². The molecule has 0 heteroatoms. The topological polar surface area (TPSA) is 0 Å². The van der Waals surface area contributed by atoms with Crippen LogP contribution in [0.1, 0.15) is 55.9 Å². The van der Waals surface area contributed by atoms with Crippen LogP contribution in [0.3, 0.4) is 0 Å². The van der Waals surface area contributed by atoms with Gasteiger partial charge in [-0.3, -0.25) is 0 Å². The maximum absolute atomic E-state index is 2.48. The quantitative estimate of drug-likeness (QED) is 0.540. The minimum atomic E-state index is 0.0984. The summed E-state index contributed by atoms with van der Waals surface area (Å²) in [5, 5.41) is 0. The van der Waals surface area contributed by atoms with Crippen LogP contribution in [-0.4, -0.2) is 0 Å². The molecular weight excluding hydrogens is 288 g/mol. The summed E-state index contributed by atoms with van der Waals surface area (Å²) in [7, 11) is 0. The molecule has 5 rings (SSSR count). The molecule has 0 bridgehead atoms. The van der Waals surface area contributed by atoms with Gasteiger partial charge in [-0.15, -0.1) is 0 Å². The Morgan fingerprint density at radius 2 is 1.58 bits per heavy atom. The summed E-state index contributed by atoms with van der Waals surface area (Å²) < 4.78 is 0. The highest BCUT2D eigenvalue weighted by Crippen LogP contribution is 2.66. The zero-order valence-corrected chi connectivity index (χ0v) is 15.0. The van der Waals surface area contributed by atoms with Crippen LogP contribution in [0.5, 0.6) is 0 Å². The minimum absolute atomic E-state index is 0.0984. The second-order valence-electron chi connectivity index (χ2n) is 8.70. The molecule has 0 heterocycles. The van der Waals surface area contributed by atoms with Gasteiger partial charge in [-0.25, -0.2) is 0 Å². The Morgan fingerprint density at radius 1 is 0.875 bits per heavy atom. The molecule has 0 amide bonds. The van der Waals surface area contributed by atoms with Crippen LogP contribution in [0.25, 0.3) is 11.6 Å². The summed E-state index contributed by atoms with van der Waals surface area (Å²) >= 11 is 0. The van der Waals surface area contributed by atoms with Gasteiger partial charge in [0.1, 0.15) is 0 Å². The molecule has 0 N–H and O–H groups in total. The largest absolute Gasteiger partial charge is 0.0619 e. The molecule has 1 atom stereocenters. The molecule has 0 saturated heterocycles. The van der Waals surface area contributed by atoms with Gasteiger partial charge in [0.25, 0.3) is 0 Å². The van der Waals surface area contributed by atoms with E-state index in [9.17, 15) is 0 Å². The van der Waals surface area contributed by atoms with Gasteiger partial charge in [-0.2, -0.15) is 0 Å². The van der Waals surface area contributed by atoms with Gasteiger partial charge in [0.2, 0.25) is 0 Å².